The van der Waals surface area contributed by atoms with Crippen LogP contribution in [0.2, 0.25) is 0 Å². The van der Waals surface area contributed by atoms with Crippen LogP contribution in [-0.2, 0) is 14.3 Å². The largest absolute Gasteiger partial charge is 0.374 e. The summed E-state index contributed by atoms with van der Waals surface area (Å²) >= 11 is 0. The highest BCUT2D eigenvalue weighted by atomic mass is 16.5. The van der Waals surface area contributed by atoms with E-state index in [-0.39, 0.29) is 23.6 Å². The van der Waals surface area contributed by atoms with E-state index in [4.69, 9.17) is 10.1 Å². The van der Waals surface area contributed by atoms with Gasteiger partial charge in [-0.2, -0.15) is 0 Å². The van der Waals surface area contributed by atoms with Gasteiger partial charge in [0.05, 0.1) is 0 Å². The molecule has 1 aliphatic rings. The average Bonchev–Trinajstić information content (AvgIpc) is 2.59. The predicted octanol–water partition coefficient (Wildman–Crippen LogP) is 5.44. The van der Waals surface area contributed by atoms with Crippen LogP contribution in [0.1, 0.15) is 91.9 Å². The van der Waals surface area contributed by atoms with E-state index in [9.17, 15) is 9.59 Å². The second kappa shape index (κ2) is 11.4. The molecule has 1 aliphatic carbocycles. The molecule has 0 bridgehead atoms. The molecule has 0 aromatic carbocycles. The zero-order valence-electron chi connectivity index (χ0n) is 17.2. The van der Waals surface area contributed by atoms with Crippen LogP contribution in [0.3, 0.4) is 0 Å². The SMILES string of the molecule is CCCC1(CCC)CC(=O)C(C(=N)CC)=C(CCCC(=O)COCC)C1. The third-order valence-corrected chi connectivity index (χ3v) is 5.37. The summed E-state index contributed by atoms with van der Waals surface area (Å²) in [6.45, 7) is 8.92. The number of rotatable bonds is 13. The fourth-order valence-corrected chi connectivity index (χ4v) is 4.33. The lowest BCUT2D eigenvalue weighted by molar-refractivity contribution is -0.123. The zero-order chi connectivity index (χ0) is 19.6. The van der Waals surface area contributed by atoms with Crippen LogP contribution in [-0.4, -0.2) is 30.5 Å². The molecule has 1 N–H and O–H groups in total. The summed E-state index contributed by atoms with van der Waals surface area (Å²) in [7, 11) is 0. The van der Waals surface area contributed by atoms with Gasteiger partial charge in [-0.25, -0.2) is 0 Å². The molecule has 0 amide bonds. The Balaban J connectivity index is 2.95. The minimum Gasteiger partial charge on any atom is -0.374 e. The first kappa shape index (κ1) is 22.8. The van der Waals surface area contributed by atoms with E-state index >= 15 is 0 Å². The van der Waals surface area contributed by atoms with Gasteiger partial charge in [0, 0.05) is 30.7 Å². The van der Waals surface area contributed by atoms with Gasteiger partial charge in [0.15, 0.2) is 11.6 Å². The van der Waals surface area contributed by atoms with E-state index in [1.165, 1.54) is 0 Å². The maximum absolute atomic E-state index is 12.9. The molecule has 0 atom stereocenters. The molecule has 0 spiro atoms. The Morgan fingerprint density at radius 1 is 1.12 bits per heavy atom. The molecule has 0 saturated carbocycles. The summed E-state index contributed by atoms with van der Waals surface area (Å²) in [5.74, 6) is 0.274. The molecule has 0 aliphatic heterocycles. The first-order chi connectivity index (χ1) is 12.4. The van der Waals surface area contributed by atoms with Crippen LogP contribution in [0.5, 0.6) is 0 Å². The van der Waals surface area contributed by atoms with Crippen LogP contribution in [0.4, 0.5) is 0 Å². The maximum atomic E-state index is 12.9. The van der Waals surface area contributed by atoms with E-state index in [2.05, 4.69) is 13.8 Å². The lowest BCUT2D eigenvalue weighted by atomic mass is 9.65. The predicted molar refractivity (Wildman–Crippen MR) is 107 cm³/mol. The van der Waals surface area contributed by atoms with Crippen molar-refractivity contribution in [2.45, 2.75) is 91.9 Å². The van der Waals surface area contributed by atoms with Gasteiger partial charge in [0.25, 0.3) is 0 Å². The Hall–Kier alpha value is -1.29. The summed E-state index contributed by atoms with van der Waals surface area (Å²) in [6, 6.07) is 0. The molecule has 0 heterocycles. The smallest absolute Gasteiger partial charge is 0.165 e. The first-order valence-corrected chi connectivity index (χ1v) is 10.3. The van der Waals surface area contributed by atoms with Gasteiger partial charge in [-0.05, 0) is 50.9 Å². The Labute approximate surface area is 159 Å². The van der Waals surface area contributed by atoms with Crippen molar-refractivity contribution in [2.75, 3.05) is 13.2 Å². The molecule has 0 aromatic heterocycles. The molecular weight excluding hydrogens is 326 g/mol. The molecule has 0 saturated heterocycles. The number of nitrogens with one attached hydrogen (secondary N) is 1. The van der Waals surface area contributed by atoms with E-state index in [0.29, 0.717) is 37.2 Å². The molecule has 0 fully saturated rings. The molecule has 26 heavy (non-hydrogen) atoms. The number of hydrogen-bond acceptors (Lipinski definition) is 4. The van der Waals surface area contributed by atoms with Crippen LogP contribution in [0, 0.1) is 10.8 Å². The highest BCUT2D eigenvalue weighted by Crippen LogP contribution is 2.46. The van der Waals surface area contributed by atoms with Gasteiger partial charge >= 0.3 is 0 Å². The molecular formula is C22H37NO3. The minimum atomic E-state index is 0.0583. The lowest BCUT2D eigenvalue weighted by Crippen LogP contribution is -2.33. The Bertz CT molecular complexity index is 528. The monoisotopic (exact) mass is 363 g/mol. The molecule has 4 nitrogen and oxygen atoms in total. The van der Waals surface area contributed by atoms with Gasteiger partial charge in [0.1, 0.15) is 6.61 Å². The minimum absolute atomic E-state index is 0.0583. The van der Waals surface area contributed by atoms with E-state index < -0.39 is 0 Å². The van der Waals surface area contributed by atoms with Crippen LogP contribution >= 0.6 is 0 Å². The topological polar surface area (TPSA) is 67.2 Å². The average molecular weight is 364 g/mol. The van der Waals surface area contributed by atoms with Crippen molar-refractivity contribution < 1.29 is 14.3 Å². The first-order valence-electron chi connectivity index (χ1n) is 10.3. The summed E-state index contributed by atoms with van der Waals surface area (Å²) < 4.78 is 5.18. The number of ketones is 2. The van der Waals surface area contributed by atoms with Crippen molar-refractivity contribution in [1.29, 1.82) is 5.41 Å². The fourth-order valence-electron chi connectivity index (χ4n) is 4.33. The van der Waals surface area contributed by atoms with Crippen molar-refractivity contribution in [3.63, 3.8) is 0 Å². The normalized spacial score (nSPS) is 16.8. The molecule has 0 radical (unpaired) electrons. The highest BCUT2D eigenvalue weighted by Gasteiger charge is 2.39. The number of carbonyl (C=O) groups is 2. The third kappa shape index (κ3) is 6.46. The van der Waals surface area contributed by atoms with E-state index in [0.717, 1.165) is 50.5 Å². The van der Waals surface area contributed by atoms with Crippen molar-refractivity contribution >= 4 is 17.3 Å². The van der Waals surface area contributed by atoms with Crippen LogP contribution in [0.25, 0.3) is 0 Å². The fraction of sp³-hybridized carbons (Fsp3) is 0.773. The number of allylic oxidation sites excluding steroid dienone is 2. The Morgan fingerprint density at radius 3 is 2.31 bits per heavy atom. The molecule has 0 aromatic rings. The van der Waals surface area contributed by atoms with Crippen LogP contribution < -0.4 is 0 Å². The van der Waals surface area contributed by atoms with Crippen molar-refractivity contribution in [3.05, 3.63) is 11.1 Å². The molecule has 4 heteroatoms. The third-order valence-electron chi connectivity index (χ3n) is 5.37. The Morgan fingerprint density at radius 2 is 1.77 bits per heavy atom. The van der Waals surface area contributed by atoms with Gasteiger partial charge < -0.3 is 10.1 Å². The number of Topliss-reactive ketones (excluding diaryl/α,β-unsaturated/α-hetero) is 2. The standard InChI is InChI=1S/C22H37NO3/c1-5-12-22(13-6-2)14-17(10-9-11-18(24)16-26-8-4)21(19(23)7-3)20(25)15-22/h23H,5-16H2,1-4H3. The number of ether oxygens (including phenoxy) is 1. The highest BCUT2D eigenvalue weighted by molar-refractivity contribution is 6.22. The Kier molecular flexibility index (Phi) is 10.0. The van der Waals surface area contributed by atoms with Gasteiger partial charge in [-0.3, -0.25) is 9.59 Å². The van der Waals surface area contributed by atoms with E-state index in [1.807, 2.05) is 13.8 Å². The number of hydrogen-bond donors (Lipinski definition) is 1. The van der Waals surface area contributed by atoms with Gasteiger partial charge in [-0.1, -0.05) is 39.2 Å². The summed E-state index contributed by atoms with van der Waals surface area (Å²) in [5.41, 5.74) is 2.32. The van der Waals surface area contributed by atoms with Gasteiger partial charge in [-0.15, -0.1) is 0 Å². The number of carbonyl (C=O) groups excluding carboxylic acids is 2. The summed E-state index contributed by atoms with van der Waals surface area (Å²) in [5, 5.41) is 8.27. The summed E-state index contributed by atoms with van der Waals surface area (Å²) in [6.07, 6.45) is 8.33. The quantitative estimate of drug-likeness (QED) is 0.443. The van der Waals surface area contributed by atoms with Crippen LogP contribution in [0.15, 0.2) is 11.1 Å². The molecule has 0 unspecified atom stereocenters. The molecule has 148 valence electrons. The lowest BCUT2D eigenvalue weighted by Gasteiger charge is -2.39. The second-order valence-electron chi connectivity index (χ2n) is 7.62. The van der Waals surface area contributed by atoms with Crippen molar-refractivity contribution in [1.82, 2.24) is 0 Å². The molecule has 1 rings (SSSR count). The van der Waals surface area contributed by atoms with E-state index in [1.54, 1.807) is 0 Å². The second-order valence-corrected chi connectivity index (χ2v) is 7.62. The zero-order valence-corrected chi connectivity index (χ0v) is 17.2. The van der Waals surface area contributed by atoms with Gasteiger partial charge in [0.2, 0.25) is 0 Å². The van der Waals surface area contributed by atoms with Crippen molar-refractivity contribution in [2.24, 2.45) is 5.41 Å². The maximum Gasteiger partial charge on any atom is 0.165 e. The summed E-state index contributed by atoms with van der Waals surface area (Å²) in [4.78, 5) is 24.8. The van der Waals surface area contributed by atoms with Crippen molar-refractivity contribution in [3.8, 4) is 0 Å².